The molecule has 164 valence electrons. The minimum atomic E-state index is -1.00. The number of ether oxygens (including phenoxy) is 2. The Labute approximate surface area is 190 Å². The van der Waals surface area contributed by atoms with E-state index in [-0.39, 0.29) is 18.1 Å². The molecule has 32 heavy (non-hydrogen) atoms. The van der Waals surface area contributed by atoms with Crippen molar-refractivity contribution in [2.45, 2.75) is 13.8 Å². The number of nitrogens with zero attached hydrogens (tertiary/aromatic N) is 2. The molecule has 8 heteroatoms. The highest BCUT2D eigenvalue weighted by molar-refractivity contribution is 8.18. The molecule has 1 saturated heterocycles. The maximum atomic E-state index is 12.9. The summed E-state index contributed by atoms with van der Waals surface area (Å²) >= 11 is 1.26. The summed E-state index contributed by atoms with van der Waals surface area (Å²) in [4.78, 5) is 30.6. The highest BCUT2D eigenvalue weighted by atomic mass is 32.2. The van der Waals surface area contributed by atoms with E-state index in [4.69, 9.17) is 21.0 Å². The summed E-state index contributed by atoms with van der Waals surface area (Å²) in [5.41, 5.74) is 1.52. The summed E-state index contributed by atoms with van der Waals surface area (Å²) in [5.74, 6) is 2.36. The zero-order valence-electron chi connectivity index (χ0n) is 17.7. The maximum Gasteiger partial charge on any atom is 0.335 e. The van der Waals surface area contributed by atoms with Crippen LogP contribution in [-0.2, 0) is 4.79 Å². The monoisotopic (exact) mass is 450 g/mol. The van der Waals surface area contributed by atoms with Gasteiger partial charge in [0.05, 0.1) is 22.8 Å². The molecule has 1 heterocycles. The normalized spacial score (nSPS) is 15.8. The number of terminal acetylenes is 1. The molecule has 0 atom stereocenters. The Hall–Kier alpha value is -3.70. The van der Waals surface area contributed by atoms with Gasteiger partial charge in [0.15, 0.2) is 16.7 Å². The number of amides is 1. The highest BCUT2D eigenvalue weighted by Gasteiger charge is 2.32. The number of aliphatic imine (C=N–C) groups is 1. The van der Waals surface area contributed by atoms with Gasteiger partial charge in [-0.25, -0.2) is 9.79 Å². The van der Waals surface area contributed by atoms with Gasteiger partial charge in [0.1, 0.15) is 6.61 Å². The van der Waals surface area contributed by atoms with Crippen LogP contribution in [0.15, 0.2) is 52.4 Å². The SMILES string of the molecule is C#CCOc1ccc(C=C2SC(=Nc3ccc(C(=O)O)cc3)N(CC)C2=O)cc1OCC. The Morgan fingerprint density at radius 1 is 1.19 bits per heavy atom. The van der Waals surface area contributed by atoms with Crippen LogP contribution in [0.3, 0.4) is 0 Å². The van der Waals surface area contributed by atoms with Gasteiger partial charge in [0, 0.05) is 6.54 Å². The second kappa shape index (κ2) is 10.6. The minimum absolute atomic E-state index is 0.133. The van der Waals surface area contributed by atoms with Crippen molar-refractivity contribution in [3.8, 4) is 23.8 Å². The Bertz CT molecular complexity index is 1120. The summed E-state index contributed by atoms with van der Waals surface area (Å²) in [6.07, 6.45) is 7.04. The third-order valence-electron chi connectivity index (χ3n) is 4.42. The van der Waals surface area contributed by atoms with Crippen LogP contribution in [-0.4, -0.2) is 46.8 Å². The number of carboxylic acid groups (broad SMARTS) is 1. The molecule has 0 spiro atoms. The maximum absolute atomic E-state index is 12.9. The van der Waals surface area contributed by atoms with Gasteiger partial charge in [-0.2, -0.15) is 0 Å². The first-order chi connectivity index (χ1) is 15.5. The first kappa shape index (κ1) is 23.0. The zero-order chi connectivity index (χ0) is 23.1. The largest absolute Gasteiger partial charge is 0.490 e. The predicted octanol–water partition coefficient (Wildman–Crippen LogP) is 4.42. The van der Waals surface area contributed by atoms with E-state index in [1.165, 1.54) is 23.9 Å². The summed E-state index contributed by atoms with van der Waals surface area (Å²) in [7, 11) is 0. The molecule has 0 saturated carbocycles. The molecule has 7 nitrogen and oxygen atoms in total. The molecule has 0 bridgehead atoms. The van der Waals surface area contributed by atoms with Crippen molar-refractivity contribution in [2.24, 2.45) is 4.99 Å². The lowest BCUT2D eigenvalue weighted by Gasteiger charge is -2.12. The topological polar surface area (TPSA) is 88.4 Å². The third kappa shape index (κ3) is 5.31. The van der Waals surface area contributed by atoms with E-state index in [2.05, 4.69) is 10.9 Å². The number of carboxylic acids is 1. The fourth-order valence-corrected chi connectivity index (χ4v) is 3.99. The molecular weight excluding hydrogens is 428 g/mol. The van der Waals surface area contributed by atoms with Crippen LogP contribution in [0.2, 0.25) is 0 Å². The first-order valence-corrected chi connectivity index (χ1v) is 10.7. The molecule has 0 unspecified atom stereocenters. The van der Waals surface area contributed by atoms with E-state index < -0.39 is 5.97 Å². The number of hydrogen-bond acceptors (Lipinski definition) is 6. The van der Waals surface area contributed by atoms with Crippen molar-refractivity contribution in [3.63, 3.8) is 0 Å². The second-order valence-corrected chi connectivity index (χ2v) is 7.55. The lowest BCUT2D eigenvalue weighted by atomic mass is 10.2. The quantitative estimate of drug-likeness (QED) is 0.473. The average molecular weight is 451 g/mol. The average Bonchev–Trinajstić information content (AvgIpc) is 3.07. The molecule has 2 aromatic carbocycles. The van der Waals surface area contributed by atoms with Gasteiger partial charge < -0.3 is 14.6 Å². The minimum Gasteiger partial charge on any atom is -0.490 e. The molecular formula is C24H22N2O5S. The van der Waals surface area contributed by atoms with E-state index >= 15 is 0 Å². The van der Waals surface area contributed by atoms with E-state index in [9.17, 15) is 9.59 Å². The van der Waals surface area contributed by atoms with Crippen LogP contribution in [0.4, 0.5) is 5.69 Å². The van der Waals surface area contributed by atoms with Gasteiger partial charge in [-0.15, -0.1) is 6.42 Å². The van der Waals surface area contributed by atoms with Gasteiger partial charge in [0.2, 0.25) is 0 Å². The van der Waals surface area contributed by atoms with Crippen LogP contribution in [0.1, 0.15) is 29.8 Å². The van der Waals surface area contributed by atoms with Gasteiger partial charge in [0.25, 0.3) is 5.91 Å². The van der Waals surface area contributed by atoms with Crippen LogP contribution < -0.4 is 9.47 Å². The van der Waals surface area contributed by atoms with Crippen LogP contribution in [0, 0.1) is 12.3 Å². The molecule has 2 aromatic rings. The fourth-order valence-electron chi connectivity index (χ4n) is 2.93. The van der Waals surface area contributed by atoms with Crippen molar-refractivity contribution in [3.05, 3.63) is 58.5 Å². The lowest BCUT2D eigenvalue weighted by molar-refractivity contribution is -0.122. The fraction of sp³-hybridized carbons (Fsp3) is 0.208. The number of aromatic carboxylic acids is 1. The van der Waals surface area contributed by atoms with Gasteiger partial charge >= 0.3 is 5.97 Å². The Morgan fingerprint density at radius 2 is 1.94 bits per heavy atom. The first-order valence-electron chi connectivity index (χ1n) is 9.93. The number of rotatable bonds is 8. The lowest BCUT2D eigenvalue weighted by Crippen LogP contribution is -2.28. The molecule has 1 aliphatic heterocycles. The van der Waals surface area contributed by atoms with Crippen molar-refractivity contribution >= 4 is 40.6 Å². The smallest absolute Gasteiger partial charge is 0.335 e. The Balaban J connectivity index is 1.88. The van der Waals surface area contributed by atoms with Crippen LogP contribution >= 0.6 is 11.8 Å². The number of likely N-dealkylation sites (N-methyl/N-ethyl adjacent to an activating group) is 1. The molecule has 1 amide bonds. The van der Waals surface area contributed by atoms with E-state index in [1.54, 1.807) is 35.2 Å². The second-order valence-electron chi connectivity index (χ2n) is 6.54. The molecule has 3 rings (SSSR count). The van der Waals surface area contributed by atoms with E-state index in [0.29, 0.717) is 40.4 Å². The van der Waals surface area contributed by atoms with Crippen molar-refractivity contribution < 1.29 is 24.2 Å². The summed E-state index contributed by atoms with van der Waals surface area (Å²) in [6.45, 7) is 4.79. The number of hydrogen-bond donors (Lipinski definition) is 1. The summed E-state index contributed by atoms with van der Waals surface area (Å²) in [5, 5.41) is 9.57. The Kier molecular flexibility index (Phi) is 7.58. The van der Waals surface area contributed by atoms with Gasteiger partial charge in [-0.1, -0.05) is 12.0 Å². The van der Waals surface area contributed by atoms with Crippen LogP contribution in [0.25, 0.3) is 6.08 Å². The van der Waals surface area contributed by atoms with Crippen molar-refractivity contribution in [1.29, 1.82) is 0 Å². The predicted molar refractivity (Wildman–Crippen MR) is 125 cm³/mol. The molecule has 1 aliphatic rings. The third-order valence-corrected chi connectivity index (χ3v) is 5.43. The summed E-state index contributed by atoms with van der Waals surface area (Å²) < 4.78 is 11.2. The highest BCUT2D eigenvalue weighted by Crippen LogP contribution is 2.36. The summed E-state index contributed by atoms with van der Waals surface area (Å²) in [6, 6.07) is 11.6. The van der Waals surface area contributed by atoms with Crippen molar-refractivity contribution in [1.82, 2.24) is 4.90 Å². The Morgan fingerprint density at radius 3 is 2.56 bits per heavy atom. The molecule has 0 radical (unpaired) electrons. The van der Waals surface area contributed by atoms with Gasteiger partial charge in [-0.3, -0.25) is 9.69 Å². The number of carbonyl (C=O) groups is 2. The number of carbonyl (C=O) groups excluding carboxylic acids is 1. The standard InChI is InChI=1S/C24H22N2O5S/c1-4-13-31-19-12-7-16(14-20(19)30-6-3)15-21-22(27)26(5-2)24(32-21)25-18-10-8-17(9-11-18)23(28)29/h1,7-12,14-15H,5-6,13H2,2-3H3,(H,28,29). The van der Waals surface area contributed by atoms with Crippen LogP contribution in [0.5, 0.6) is 11.5 Å². The van der Waals surface area contributed by atoms with E-state index in [0.717, 1.165) is 5.56 Å². The van der Waals surface area contributed by atoms with Gasteiger partial charge in [-0.05, 0) is 73.6 Å². The zero-order valence-corrected chi connectivity index (χ0v) is 18.5. The van der Waals surface area contributed by atoms with E-state index in [1.807, 2.05) is 19.9 Å². The number of amidine groups is 1. The van der Waals surface area contributed by atoms with Crippen molar-refractivity contribution in [2.75, 3.05) is 19.8 Å². The number of thioether (sulfide) groups is 1. The molecule has 0 aliphatic carbocycles. The number of benzene rings is 2. The molecule has 1 N–H and O–H groups in total. The molecule has 1 fully saturated rings. The molecule has 0 aromatic heterocycles.